The normalized spacial score (nSPS) is 13.5. The maximum absolute atomic E-state index is 5.70. The van der Waals surface area contributed by atoms with Crippen LogP contribution in [0.2, 0.25) is 0 Å². The summed E-state index contributed by atoms with van der Waals surface area (Å²) in [6.45, 7) is 2.13. The fourth-order valence-corrected chi connectivity index (χ4v) is 1.05. The third-order valence-corrected chi connectivity index (χ3v) is 2.14. The Hall–Kier alpha value is -1.04. The fourth-order valence-electron chi connectivity index (χ4n) is 0.949. The van der Waals surface area contributed by atoms with Crippen molar-refractivity contribution in [2.75, 3.05) is 14.1 Å². The lowest BCUT2D eigenvalue weighted by Crippen LogP contribution is -2.23. The Labute approximate surface area is 97.1 Å². The fraction of sp³-hybridized carbons (Fsp3) is 0.667. The molecule has 0 aromatic heterocycles. The molecule has 0 bridgehead atoms. The third-order valence-electron chi connectivity index (χ3n) is 1.92. The van der Waals surface area contributed by atoms with Gasteiger partial charge in [-0.15, -0.1) is 0 Å². The van der Waals surface area contributed by atoms with Gasteiger partial charge in [-0.05, 0) is 6.42 Å². The highest BCUT2D eigenvalue weighted by Gasteiger charge is 2.02. The molecule has 88 valence electrons. The van der Waals surface area contributed by atoms with Gasteiger partial charge < -0.3 is 21.1 Å². The number of unbranched alkanes of at least 4 members (excludes halogenated alkanes) is 1. The van der Waals surface area contributed by atoms with Crippen LogP contribution in [0.4, 0.5) is 0 Å². The number of hydrogen-bond acceptors (Lipinski definition) is 5. The number of aliphatic imine (C=N–C) groups is 1. The van der Waals surface area contributed by atoms with Gasteiger partial charge in [0.25, 0.3) is 0 Å². The molecule has 15 heavy (non-hydrogen) atoms. The van der Waals surface area contributed by atoms with Crippen LogP contribution in [0.3, 0.4) is 0 Å². The van der Waals surface area contributed by atoms with Crippen molar-refractivity contribution in [3.05, 3.63) is 11.6 Å². The summed E-state index contributed by atoms with van der Waals surface area (Å²) < 4.78 is 1.44. The molecule has 0 aromatic rings. The van der Waals surface area contributed by atoms with E-state index in [1.807, 2.05) is 7.05 Å². The van der Waals surface area contributed by atoms with E-state index >= 15 is 0 Å². The van der Waals surface area contributed by atoms with Crippen molar-refractivity contribution in [2.45, 2.75) is 26.2 Å². The summed E-state index contributed by atoms with van der Waals surface area (Å²) >= 11 is 4.04. The number of thiol groups is 1. The molecular formula is C9H21N5S. The maximum Gasteiger partial charge on any atom is 0.166 e. The van der Waals surface area contributed by atoms with E-state index in [4.69, 9.17) is 11.5 Å². The first-order valence-electron chi connectivity index (χ1n) is 4.96. The highest BCUT2D eigenvalue weighted by Crippen LogP contribution is 2.03. The quantitative estimate of drug-likeness (QED) is 0.318. The number of nitrogens with two attached hydrogens (primary N) is 2. The van der Waals surface area contributed by atoms with E-state index in [1.54, 1.807) is 7.05 Å². The van der Waals surface area contributed by atoms with E-state index in [2.05, 4.69) is 30.0 Å². The molecule has 0 amide bonds. The molecule has 0 aliphatic carbocycles. The molecule has 0 radical (unpaired) electrons. The summed E-state index contributed by atoms with van der Waals surface area (Å²) in [4.78, 5) is 4.20. The molecule has 0 rings (SSSR count). The second-order valence-electron chi connectivity index (χ2n) is 3.21. The zero-order chi connectivity index (χ0) is 11.8. The van der Waals surface area contributed by atoms with Gasteiger partial charge in [-0.2, -0.15) is 0 Å². The average molecular weight is 231 g/mol. The summed E-state index contributed by atoms with van der Waals surface area (Å²) in [5.74, 6) is 1.48. The van der Waals surface area contributed by atoms with E-state index in [1.165, 1.54) is 4.31 Å². The first-order valence-corrected chi connectivity index (χ1v) is 5.36. The van der Waals surface area contributed by atoms with E-state index in [9.17, 15) is 0 Å². The predicted molar refractivity (Wildman–Crippen MR) is 68.2 cm³/mol. The van der Waals surface area contributed by atoms with Crippen molar-refractivity contribution >= 4 is 18.7 Å². The molecule has 5 nitrogen and oxygen atoms in total. The van der Waals surface area contributed by atoms with Gasteiger partial charge in [0.15, 0.2) is 11.6 Å². The lowest BCUT2D eigenvalue weighted by atomic mass is 10.2. The third kappa shape index (κ3) is 5.41. The van der Waals surface area contributed by atoms with Crippen LogP contribution in [0.5, 0.6) is 0 Å². The molecule has 0 aliphatic rings. The number of amidine groups is 1. The topological polar surface area (TPSA) is 79.7 Å². The first-order chi connectivity index (χ1) is 7.02. The first kappa shape index (κ1) is 14.0. The number of nitrogens with one attached hydrogen (secondary N) is 1. The van der Waals surface area contributed by atoms with Gasteiger partial charge in [-0.1, -0.05) is 26.2 Å². The van der Waals surface area contributed by atoms with Crippen LogP contribution in [0.15, 0.2) is 16.6 Å². The van der Waals surface area contributed by atoms with Crippen molar-refractivity contribution in [1.82, 2.24) is 9.62 Å². The highest BCUT2D eigenvalue weighted by molar-refractivity contribution is 7.77. The van der Waals surface area contributed by atoms with Gasteiger partial charge in [0, 0.05) is 20.5 Å². The summed E-state index contributed by atoms with van der Waals surface area (Å²) in [5, 5.41) is 3.00. The van der Waals surface area contributed by atoms with Gasteiger partial charge in [0.2, 0.25) is 0 Å². The molecule has 0 aromatic carbocycles. The van der Waals surface area contributed by atoms with Crippen molar-refractivity contribution in [3.63, 3.8) is 0 Å². The summed E-state index contributed by atoms with van der Waals surface area (Å²) in [6, 6.07) is 0. The minimum atomic E-state index is 0.285. The van der Waals surface area contributed by atoms with E-state index in [0.29, 0.717) is 5.82 Å². The molecule has 0 saturated heterocycles. The number of nitrogens with zero attached hydrogens (tertiary/aromatic N) is 2. The molecule has 0 fully saturated rings. The Morgan fingerprint density at radius 3 is 2.47 bits per heavy atom. The SMILES string of the molecule is CCCC/C(=N/C(N)=C(/N)N(C)S)NC. The van der Waals surface area contributed by atoms with Crippen LogP contribution in [0.1, 0.15) is 26.2 Å². The minimum Gasteiger partial charge on any atom is -0.382 e. The van der Waals surface area contributed by atoms with Crippen molar-refractivity contribution in [3.8, 4) is 0 Å². The van der Waals surface area contributed by atoms with E-state index in [-0.39, 0.29) is 5.82 Å². The van der Waals surface area contributed by atoms with Crippen LogP contribution in [-0.2, 0) is 0 Å². The zero-order valence-electron chi connectivity index (χ0n) is 9.62. The Bertz CT molecular complexity index is 247. The highest BCUT2D eigenvalue weighted by atomic mass is 32.1. The molecular weight excluding hydrogens is 210 g/mol. The second-order valence-corrected chi connectivity index (χ2v) is 3.81. The van der Waals surface area contributed by atoms with Gasteiger partial charge >= 0.3 is 0 Å². The Morgan fingerprint density at radius 1 is 1.47 bits per heavy atom. The molecule has 0 atom stereocenters. The van der Waals surface area contributed by atoms with E-state index in [0.717, 1.165) is 25.1 Å². The van der Waals surface area contributed by atoms with Crippen LogP contribution in [-0.4, -0.2) is 24.2 Å². The summed E-state index contributed by atoms with van der Waals surface area (Å²) in [5.41, 5.74) is 11.4. The maximum atomic E-state index is 5.70. The van der Waals surface area contributed by atoms with Crippen LogP contribution in [0.25, 0.3) is 0 Å². The number of hydrogen-bond donors (Lipinski definition) is 4. The largest absolute Gasteiger partial charge is 0.382 e. The summed E-state index contributed by atoms with van der Waals surface area (Å²) in [6.07, 6.45) is 3.06. The second kappa shape index (κ2) is 7.28. The molecule has 0 heterocycles. The predicted octanol–water partition coefficient (Wildman–Crippen LogP) is 0.615. The molecule has 6 heteroatoms. The van der Waals surface area contributed by atoms with Crippen molar-refractivity contribution < 1.29 is 0 Å². The van der Waals surface area contributed by atoms with Crippen LogP contribution in [0, 0.1) is 0 Å². The Balaban J connectivity index is 4.60. The Morgan fingerprint density at radius 2 is 2.07 bits per heavy atom. The van der Waals surface area contributed by atoms with Gasteiger partial charge in [0.1, 0.15) is 5.84 Å². The number of rotatable bonds is 5. The van der Waals surface area contributed by atoms with Crippen LogP contribution < -0.4 is 16.8 Å². The monoisotopic (exact) mass is 231 g/mol. The molecule has 0 saturated carbocycles. The molecule has 5 N–H and O–H groups in total. The van der Waals surface area contributed by atoms with Gasteiger partial charge in [-0.25, -0.2) is 4.99 Å². The van der Waals surface area contributed by atoms with Gasteiger partial charge in [0.05, 0.1) is 0 Å². The zero-order valence-corrected chi connectivity index (χ0v) is 10.5. The minimum absolute atomic E-state index is 0.285. The summed E-state index contributed by atoms with van der Waals surface area (Å²) in [7, 11) is 3.52. The van der Waals surface area contributed by atoms with E-state index < -0.39 is 0 Å². The molecule has 0 spiro atoms. The molecule has 0 aliphatic heterocycles. The van der Waals surface area contributed by atoms with Crippen LogP contribution >= 0.6 is 12.8 Å². The standard InChI is InChI=1S/C9H21N5S/c1-4-5-6-7(12-2)13-8(10)9(11)14(3)15/h15H,4-6,10-11H2,1-3H3,(H,12,13)/b9-8-. The average Bonchev–Trinajstić information content (AvgIpc) is 2.22. The smallest absolute Gasteiger partial charge is 0.166 e. The van der Waals surface area contributed by atoms with Gasteiger partial charge in [-0.3, -0.25) is 0 Å². The molecule has 0 unspecified atom stereocenters. The van der Waals surface area contributed by atoms with Crippen molar-refractivity contribution in [1.29, 1.82) is 0 Å². The van der Waals surface area contributed by atoms with Crippen molar-refractivity contribution in [2.24, 2.45) is 16.5 Å². The Kier molecular flexibility index (Phi) is 6.77. The lowest BCUT2D eigenvalue weighted by Gasteiger charge is -2.12. The lowest BCUT2D eigenvalue weighted by molar-refractivity contribution is 0.680.